The maximum atomic E-state index is 11.5. The predicted molar refractivity (Wildman–Crippen MR) is 75.4 cm³/mol. The Kier molecular flexibility index (Phi) is 3.82. The lowest BCUT2D eigenvalue weighted by Gasteiger charge is -2.10. The highest BCUT2D eigenvalue weighted by Gasteiger charge is 2.10. The quantitative estimate of drug-likeness (QED) is 0.765. The Morgan fingerprint density at radius 1 is 1.17 bits per heavy atom. The first-order valence-corrected chi connectivity index (χ1v) is 6.40. The number of ether oxygens (including phenoxy) is 1. The molecule has 0 fully saturated rings. The molecule has 0 heterocycles. The summed E-state index contributed by atoms with van der Waals surface area (Å²) in [6, 6.07) is 13.1. The molecule has 0 aliphatic carbocycles. The highest BCUT2D eigenvalue weighted by Crippen LogP contribution is 2.29. The molecule has 0 amide bonds. The molecule has 2 aromatic rings. The van der Waals surface area contributed by atoms with Crippen molar-refractivity contribution in [1.29, 1.82) is 0 Å². The summed E-state index contributed by atoms with van der Waals surface area (Å²) in [6.07, 6.45) is 0. The van der Waals surface area contributed by atoms with Gasteiger partial charge in [0.15, 0.2) is 5.78 Å². The average molecular weight is 305 g/mol. The van der Waals surface area contributed by atoms with Crippen molar-refractivity contribution in [1.82, 2.24) is 0 Å². The van der Waals surface area contributed by atoms with E-state index in [4.69, 9.17) is 4.74 Å². The highest BCUT2D eigenvalue weighted by molar-refractivity contribution is 9.10. The molecule has 92 valence electrons. The number of hydrogen-bond acceptors (Lipinski definition) is 2. The topological polar surface area (TPSA) is 26.3 Å². The highest BCUT2D eigenvalue weighted by atomic mass is 79.9. The van der Waals surface area contributed by atoms with Gasteiger partial charge in [-0.25, -0.2) is 0 Å². The molecule has 0 bridgehead atoms. The van der Waals surface area contributed by atoms with Crippen LogP contribution >= 0.6 is 15.9 Å². The van der Waals surface area contributed by atoms with Crippen LogP contribution in [0, 0.1) is 6.92 Å². The van der Waals surface area contributed by atoms with Crippen molar-refractivity contribution in [2.45, 2.75) is 13.8 Å². The molecule has 0 unspecified atom stereocenters. The molecular formula is C15H13BrO2. The zero-order valence-electron chi connectivity index (χ0n) is 10.2. The Labute approximate surface area is 115 Å². The standard InChI is InChI=1S/C15H13BrO2/c1-10-4-3-5-13(8-10)18-15-9-12(16)6-7-14(15)11(2)17/h3-9H,1-2H3. The Hall–Kier alpha value is -1.61. The molecule has 2 rings (SSSR count). The van der Waals surface area contributed by atoms with Crippen LogP contribution in [0.15, 0.2) is 46.9 Å². The van der Waals surface area contributed by atoms with Gasteiger partial charge in [0, 0.05) is 4.47 Å². The molecule has 0 aliphatic heterocycles. The smallest absolute Gasteiger partial charge is 0.163 e. The van der Waals surface area contributed by atoms with Gasteiger partial charge in [0.05, 0.1) is 5.56 Å². The summed E-state index contributed by atoms with van der Waals surface area (Å²) in [6.45, 7) is 3.53. The number of carbonyl (C=O) groups is 1. The number of Topliss-reactive ketones (excluding diaryl/α,β-unsaturated/α-hetero) is 1. The predicted octanol–water partition coefficient (Wildman–Crippen LogP) is 4.75. The molecule has 2 nitrogen and oxygen atoms in total. The van der Waals surface area contributed by atoms with E-state index in [0.717, 1.165) is 15.8 Å². The molecule has 0 saturated heterocycles. The van der Waals surface area contributed by atoms with Crippen molar-refractivity contribution in [2.75, 3.05) is 0 Å². The van der Waals surface area contributed by atoms with E-state index in [0.29, 0.717) is 11.3 Å². The van der Waals surface area contributed by atoms with E-state index in [1.165, 1.54) is 6.92 Å². The second-order valence-electron chi connectivity index (χ2n) is 4.12. The zero-order chi connectivity index (χ0) is 13.1. The molecule has 2 aromatic carbocycles. The first-order valence-electron chi connectivity index (χ1n) is 5.61. The van der Waals surface area contributed by atoms with Gasteiger partial charge in [0.2, 0.25) is 0 Å². The molecule has 0 N–H and O–H groups in total. The maximum absolute atomic E-state index is 11.5. The van der Waals surface area contributed by atoms with Crippen molar-refractivity contribution in [3.8, 4) is 11.5 Å². The summed E-state index contributed by atoms with van der Waals surface area (Å²) in [4.78, 5) is 11.5. The number of hydrogen-bond donors (Lipinski definition) is 0. The summed E-state index contributed by atoms with van der Waals surface area (Å²) in [5.74, 6) is 1.29. The monoisotopic (exact) mass is 304 g/mol. The van der Waals surface area contributed by atoms with Gasteiger partial charge >= 0.3 is 0 Å². The summed E-state index contributed by atoms with van der Waals surface area (Å²) in [5, 5.41) is 0. The van der Waals surface area contributed by atoms with E-state index < -0.39 is 0 Å². The SMILES string of the molecule is CC(=O)c1ccc(Br)cc1Oc1cccc(C)c1. The van der Waals surface area contributed by atoms with Crippen LogP contribution in [-0.2, 0) is 0 Å². The number of aryl methyl sites for hydroxylation is 1. The van der Waals surface area contributed by atoms with E-state index in [9.17, 15) is 4.79 Å². The molecule has 0 radical (unpaired) electrons. The third kappa shape index (κ3) is 2.99. The van der Waals surface area contributed by atoms with Crippen LogP contribution in [0.3, 0.4) is 0 Å². The largest absolute Gasteiger partial charge is 0.457 e. The molecule has 18 heavy (non-hydrogen) atoms. The normalized spacial score (nSPS) is 10.2. The lowest BCUT2D eigenvalue weighted by Crippen LogP contribution is -1.97. The molecule has 0 aliphatic rings. The number of ketones is 1. The van der Waals surface area contributed by atoms with Gasteiger partial charge in [-0.1, -0.05) is 28.1 Å². The van der Waals surface area contributed by atoms with Gasteiger partial charge in [-0.15, -0.1) is 0 Å². The van der Waals surface area contributed by atoms with Crippen LogP contribution in [0.5, 0.6) is 11.5 Å². The zero-order valence-corrected chi connectivity index (χ0v) is 11.8. The second-order valence-corrected chi connectivity index (χ2v) is 5.03. The van der Waals surface area contributed by atoms with Crippen LogP contribution < -0.4 is 4.74 Å². The van der Waals surface area contributed by atoms with E-state index in [1.807, 2.05) is 37.3 Å². The molecular weight excluding hydrogens is 292 g/mol. The Morgan fingerprint density at radius 3 is 2.61 bits per heavy atom. The van der Waals surface area contributed by atoms with Crippen LogP contribution in [0.2, 0.25) is 0 Å². The lowest BCUT2D eigenvalue weighted by atomic mass is 10.1. The van der Waals surface area contributed by atoms with Gasteiger partial charge in [-0.2, -0.15) is 0 Å². The first kappa shape index (κ1) is 12.8. The number of halogens is 1. The van der Waals surface area contributed by atoms with Crippen molar-refractivity contribution < 1.29 is 9.53 Å². The number of benzene rings is 2. The number of rotatable bonds is 3. The molecule has 0 atom stereocenters. The van der Waals surface area contributed by atoms with Crippen LogP contribution in [0.1, 0.15) is 22.8 Å². The minimum absolute atomic E-state index is 0.00912. The van der Waals surface area contributed by atoms with Crippen molar-refractivity contribution in [3.63, 3.8) is 0 Å². The van der Waals surface area contributed by atoms with Gasteiger partial charge in [0.25, 0.3) is 0 Å². The molecule has 0 spiro atoms. The Balaban J connectivity index is 2.39. The molecule has 3 heteroatoms. The first-order chi connectivity index (χ1) is 8.56. The fourth-order valence-corrected chi connectivity index (χ4v) is 2.02. The fourth-order valence-electron chi connectivity index (χ4n) is 1.68. The summed E-state index contributed by atoms with van der Waals surface area (Å²) in [7, 11) is 0. The Morgan fingerprint density at radius 2 is 1.94 bits per heavy atom. The second kappa shape index (κ2) is 5.36. The minimum atomic E-state index is -0.00912. The van der Waals surface area contributed by atoms with Crippen molar-refractivity contribution in [3.05, 3.63) is 58.1 Å². The van der Waals surface area contributed by atoms with Gasteiger partial charge in [0.1, 0.15) is 11.5 Å². The third-order valence-corrected chi connectivity index (χ3v) is 3.03. The average Bonchev–Trinajstić information content (AvgIpc) is 2.28. The summed E-state index contributed by atoms with van der Waals surface area (Å²) < 4.78 is 6.67. The van der Waals surface area contributed by atoms with Gasteiger partial charge in [-0.05, 0) is 49.7 Å². The maximum Gasteiger partial charge on any atom is 0.163 e. The van der Waals surface area contributed by atoms with Crippen molar-refractivity contribution >= 4 is 21.7 Å². The van der Waals surface area contributed by atoms with Crippen LogP contribution in [0.4, 0.5) is 0 Å². The molecule has 0 saturated carbocycles. The van der Waals surface area contributed by atoms with Gasteiger partial charge < -0.3 is 4.74 Å². The van der Waals surface area contributed by atoms with E-state index in [2.05, 4.69) is 15.9 Å². The van der Waals surface area contributed by atoms with E-state index in [1.54, 1.807) is 12.1 Å². The Bertz CT molecular complexity index is 591. The summed E-state index contributed by atoms with van der Waals surface area (Å²) in [5.41, 5.74) is 1.70. The lowest BCUT2D eigenvalue weighted by molar-refractivity contribution is 0.101. The van der Waals surface area contributed by atoms with E-state index in [-0.39, 0.29) is 5.78 Å². The van der Waals surface area contributed by atoms with Crippen LogP contribution in [-0.4, -0.2) is 5.78 Å². The van der Waals surface area contributed by atoms with Crippen LogP contribution in [0.25, 0.3) is 0 Å². The number of carbonyl (C=O) groups excluding carboxylic acids is 1. The third-order valence-electron chi connectivity index (χ3n) is 2.54. The fraction of sp³-hybridized carbons (Fsp3) is 0.133. The van der Waals surface area contributed by atoms with Gasteiger partial charge in [-0.3, -0.25) is 4.79 Å². The summed E-state index contributed by atoms with van der Waals surface area (Å²) >= 11 is 3.38. The minimum Gasteiger partial charge on any atom is -0.457 e. The van der Waals surface area contributed by atoms with Crippen molar-refractivity contribution in [2.24, 2.45) is 0 Å². The molecule has 0 aromatic heterocycles. The van der Waals surface area contributed by atoms with E-state index >= 15 is 0 Å².